The molecule has 0 amide bonds. The van der Waals surface area contributed by atoms with Crippen molar-refractivity contribution in [2.45, 2.75) is 20.0 Å². The second-order valence-electron chi connectivity index (χ2n) is 4.64. The van der Waals surface area contributed by atoms with Crippen molar-refractivity contribution < 1.29 is 24.9 Å². The molecule has 0 aliphatic rings. The highest BCUT2D eigenvalue weighted by Crippen LogP contribution is 1.97. The number of ether oxygens (including phenoxy) is 1. The summed E-state index contributed by atoms with van der Waals surface area (Å²) in [6, 6.07) is 0. The topological polar surface area (TPSA) is 153 Å². The molecule has 0 radical (unpaired) electrons. The molecule has 0 fully saturated rings. The van der Waals surface area contributed by atoms with Gasteiger partial charge in [0.1, 0.15) is 6.61 Å². The van der Waals surface area contributed by atoms with Crippen LogP contribution in [0, 0.1) is 0 Å². The van der Waals surface area contributed by atoms with E-state index in [0.29, 0.717) is 13.7 Å². The Morgan fingerprint density at radius 1 is 0.958 bits per heavy atom. The molecule has 1 heterocycles. The molecular formula is C13H19N3O8. The third kappa shape index (κ3) is 4.28. The number of aromatic nitrogens is 3. The molecule has 1 aromatic heterocycles. The molecule has 11 heteroatoms. The van der Waals surface area contributed by atoms with Crippen molar-refractivity contribution >= 4 is 12.2 Å². The molecule has 0 spiro atoms. The Bertz CT molecular complexity index is 742. The minimum absolute atomic E-state index is 0.118. The minimum atomic E-state index is -1.04. The molecule has 24 heavy (non-hydrogen) atoms. The third-order valence-electron chi connectivity index (χ3n) is 2.95. The van der Waals surface area contributed by atoms with Crippen molar-refractivity contribution in [1.82, 2.24) is 13.7 Å². The maximum Gasteiger partial charge on any atom is 0.340 e. The molecule has 0 aliphatic heterocycles. The van der Waals surface area contributed by atoms with Gasteiger partial charge in [-0.15, -0.1) is 0 Å². The first-order chi connectivity index (χ1) is 11.4. The predicted molar refractivity (Wildman–Crippen MR) is 81.4 cm³/mol. The van der Waals surface area contributed by atoms with Crippen molar-refractivity contribution in [3.63, 3.8) is 0 Å². The fourth-order valence-electron chi connectivity index (χ4n) is 1.84. The van der Waals surface area contributed by atoms with E-state index in [1.807, 2.05) is 0 Å². The van der Waals surface area contributed by atoms with Gasteiger partial charge in [-0.2, -0.15) is 0 Å². The number of carbonyl (C=O) groups excluding carboxylic acids is 1. The van der Waals surface area contributed by atoms with Gasteiger partial charge >= 0.3 is 23.0 Å². The number of hydrogen-bond donors (Lipinski definition) is 3. The zero-order valence-corrected chi connectivity index (χ0v) is 13.0. The molecule has 0 bridgehead atoms. The predicted octanol–water partition coefficient (Wildman–Crippen LogP) is -3.45. The fourth-order valence-corrected chi connectivity index (χ4v) is 1.84. The van der Waals surface area contributed by atoms with Crippen molar-refractivity contribution in [3.05, 3.63) is 37.0 Å². The van der Waals surface area contributed by atoms with E-state index in [2.05, 4.69) is 4.74 Å². The van der Waals surface area contributed by atoms with Crippen LogP contribution < -0.4 is 17.1 Å². The summed E-state index contributed by atoms with van der Waals surface area (Å²) in [6.45, 7) is -1.11. The first kappa shape index (κ1) is 19.5. The van der Waals surface area contributed by atoms with Gasteiger partial charge in [0.15, 0.2) is 0 Å². The molecule has 134 valence electrons. The van der Waals surface area contributed by atoms with E-state index in [9.17, 15) is 19.2 Å². The van der Waals surface area contributed by atoms with Crippen LogP contribution in [0.5, 0.6) is 0 Å². The number of aliphatic hydroxyl groups excluding tert-OH is 3. The number of nitrogens with zero attached hydrogens (tertiary/aromatic N) is 3. The monoisotopic (exact) mass is 345 g/mol. The van der Waals surface area contributed by atoms with Crippen molar-refractivity contribution in [2.75, 3.05) is 26.4 Å². The number of esters is 1. The van der Waals surface area contributed by atoms with Crippen LogP contribution in [0.25, 0.3) is 6.20 Å². The molecule has 1 rings (SSSR count). The normalized spacial score (nSPS) is 11.6. The van der Waals surface area contributed by atoms with Crippen molar-refractivity contribution in [1.29, 1.82) is 0 Å². The van der Waals surface area contributed by atoms with Gasteiger partial charge in [-0.25, -0.2) is 32.9 Å². The number of rotatable bonds is 8. The fraction of sp³-hybridized carbons (Fsp3) is 0.538. The summed E-state index contributed by atoms with van der Waals surface area (Å²) in [5.74, 6) is -0.857. The Labute approximate surface area is 135 Å². The first-order valence-corrected chi connectivity index (χ1v) is 7.03. The maximum atomic E-state index is 12.2. The molecule has 0 atom stereocenters. The summed E-state index contributed by atoms with van der Waals surface area (Å²) in [7, 11) is 0. The average molecular weight is 345 g/mol. The lowest BCUT2D eigenvalue weighted by molar-refractivity contribution is -0.139. The summed E-state index contributed by atoms with van der Waals surface area (Å²) in [5.41, 5.74) is -3.17. The average Bonchev–Trinajstić information content (AvgIpc) is 2.56. The van der Waals surface area contributed by atoms with E-state index >= 15 is 0 Å². The molecule has 0 unspecified atom stereocenters. The van der Waals surface area contributed by atoms with E-state index < -0.39 is 36.3 Å². The summed E-state index contributed by atoms with van der Waals surface area (Å²) in [6.07, 6.45) is 0.894. The molecule has 3 N–H and O–H groups in total. The second kappa shape index (κ2) is 8.96. The lowest BCUT2D eigenvalue weighted by Gasteiger charge is -2.11. The Kier molecular flexibility index (Phi) is 7.30. The lowest BCUT2D eigenvalue weighted by atomic mass is 10.3. The van der Waals surface area contributed by atoms with Crippen LogP contribution >= 0.6 is 0 Å². The summed E-state index contributed by atoms with van der Waals surface area (Å²) < 4.78 is 6.39. The van der Waals surface area contributed by atoms with E-state index in [4.69, 9.17) is 15.3 Å². The van der Waals surface area contributed by atoms with E-state index in [0.717, 1.165) is 6.20 Å². The highest BCUT2D eigenvalue weighted by molar-refractivity contribution is 5.90. The SMILES string of the molecule is CC(=Cn1c(=O)n(CCO)c(=O)n(CCO)c1=O)C(=O)OCCO. The Hall–Kier alpha value is -2.50. The van der Waals surface area contributed by atoms with Crippen LogP contribution in [0.2, 0.25) is 0 Å². The smallest absolute Gasteiger partial charge is 0.340 e. The summed E-state index contributed by atoms with van der Waals surface area (Å²) >= 11 is 0. The van der Waals surface area contributed by atoms with Gasteiger partial charge < -0.3 is 20.1 Å². The van der Waals surface area contributed by atoms with Gasteiger partial charge in [0.2, 0.25) is 0 Å². The van der Waals surface area contributed by atoms with Crippen LogP contribution in [0.1, 0.15) is 6.92 Å². The Balaban J connectivity index is 3.52. The molecule has 0 aromatic carbocycles. The summed E-state index contributed by atoms with van der Waals surface area (Å²) in [4.78, 5) is 48.2. The van der Waals surface area contributed by atoms with Gasteiger partial charge in [0.05, 0.1) is 38.5 Å². The van der Waals surface area contributed by atoms with Gasteiger partial charge in [0, 0.05) is 6.20 Å². The van der Waals surface area contributed by atoms with E-state index in [-0.39, 0.29) is 31.9 Å². The van der Waals surface area contributed by atoms with Gasteiger partial charge in [-0.05, 0) is 6.92 Å². The molecular weight excluding hydrogens is 326 g/mol. The van der Waals surface area contributed by atoms with Gasteiger partial charge in [-0.1, -0.05) is 0 Å². The zero-order valence-electron chi connectivity index (χ0n) is 13.0. The van der Waals surface area contributed by atoms with Crippen LogP contribution in [0.3, 0.4) is 0 Å². The van der Waals surface area contributed by atoms with E-state index in [1.54, 1.807) is 0 Å². The largest absolute Gasteiger partial charge is 0.460 e. The van der Waals surface area contributed by atoms with Crippen LogP contribution in [-0.2, 0) is 22.6 Å². The molecule has 1 aromatic rings. The molecule has 0 aliphatic carbocycles. The second-order valence-corrected chi connectivity index (χ2v) is 4.64. The standard InChI is InChI=1S/C13H19N3O8/c1-9(10(20)24-7-6-19)8-16-12(22)14(2-4-17)11(21)15(3-5-18)13(16)23/h8,17-19H,2-7H2,1H3. The highest BCUT2D eigenvalue weighted by Gasteiger charge is 2.15. The Morgan fingerprint density at radius 3 is 1.88 bits per heavy atom. The number of aliphatic hydroxyl groups is 3. The number of hydrogen-bond acceptors (Lipinski definition) is 8. The van der Waals surface area contributed by atoms with Crippen LogP contribution in [0.4, 0.5) is 0 Å². The molecule has 0 saturated carbocycles. The molecule has 11 nitrogen and oxygen atoms in total. The van der Waals surface area contributed by atoms with Crippen LogP contribution in [-0.4, -0.2) is 61.4 Å². The van der Waals surface area contributed by atoms with Crippen molar-refractivity contribution in [3.8, 4) is 0 Å². The van der Waals surface area contributed by atoms with E-state index in [1.165, 1.54) is 6.92 Å². The zero-order chi connectivity index (χ0) is 18.3. The van der Waals surface area contributed by atoms with Crippen LogP contribution in [0.15, 0.2) is 20.0 Å². The molecule has 0 saturated heterocycles. The van der Waals surface area contributed by atoms with Crippen molar-refractivity contribution in [2.24, 2.45) is 0 Å². The highest BCUT2D eigenvalue weighted by atomic mass is 16.5. The first-order valence-electron chi connectivity index (χ1n) is 7.03. The summed E-state index contributed by atoms with van der Waals surface area (Å²) in [5, 5.41) is 26.5. The maximum absolute atomic E-state index is 12.2. The Morgan fingerprint density at radius 2 is 1.46 bits per heavy atom. The number of carbonyl (C=O) groups is 1. The lowest BCUT2D eigenvalue weighted by Crippen LogP contribution is -2.54. The quantitative estimate of drug-likeness (QED) is 0.325. The minimum Gasteiger partial charge on any atom is -0.460 e. The van der Waals surface area contributed by atoms with Gasteiger partial charge in [-0.3, -0.25) is 0 Å². The third-order valence-corrected chi connectivity index (χ3v) is 2.95. The van der Waals surface area contributed by atoms with Gasteiger partial charge in [0.25, 0.3) is 0 Å².